The number of morpholine rings is 1. The van der Waals surface area contributed by atoms with E-state index in [2.05, 4.69) is 9.88 Å². The summed E-state index contributed by atoms with van der Waals surface area (Å²) in [5.74, 6) is -0.0631. The third-order valence-corrected chi connectivity index (χ3v) is 6.63. The van der Waals surface area contributed by atoms with Crippen molar-refractivity contribution in [1.82, 2.24) is 9.88 Å². The van der Waals surface area contributed by atoms with Crippen LogP contribution < -0.4 is 4.90 Å². The maximum Gasteiger partial charge on any atom is 0.252 e. The van der Waals surface area contributed by atoms with Gasteiger partial charge in [0.1, 0.15) is 0 Å². The number of rotatable bonds is 6. The summed E-state index contributed by atoms with van der Waals surface area (Å²) < 4.78 is 6.40. The lowest BCUT2D eigenvalue weighted by Crippen LogP contribution is -2.42. The maximum absolute atomic E-state index is 13.0. The number of hydrogen-bond acceptors (Lipinski definition) is 6. The molecule has 0 saturated carbocycles. The number of anilines is 1. The Morgan fingerprint density at radius 2 is 2.14 bits per heavy atom. The van der Waals surface area contributed by atoms with E-state index in [1.54, 1.807) is 22.3 Å². The molecule has 3 aromatic rings. The molecule has 0 bridgehead atoms. The van der Waals surface area contributed by atoms with Crippen LogP contribution in [-0.2, 0) is 9.53 Å². The molecule has 0 spiro atoms. The number of carbonyl (C=O) groups is 1. The van der Waals surface area contributed by atoms with Crippen LogP contribution in [0.1, 0.15) is 4.88 Å². The first kappa shape index (κ1) is 22.2. The Balaban J connectivity index is 0.00000240. The van der Waals surface area contributed by atoms with Gasteiger partial charge in [-0.1, -0.05) is 29.0 Å². The molecule has 5 nitrogen and oxygen atoms in total. The third-order valence-electron chi connectivity index (χ3n) is 4.51. The van der Waals surface area contributed by atoms with Gasteiger partial charge in [0.15, 0.2) is 5.13 Å². The molecular weight excluding hydrogens is 449 g/mol. The lowest BCUT2D eigenvalue weighted by molar-refractivity contribution is -0.114. The number of fused-ring (bicyclic) bond motifs is 1. The molecule has 0 radical (unpaired) electrons. The van der Waals surface area contributed by atoms with Crippen LogP contribution in [0.5, 0.6) is 0 Å². The van der Waals surface area contributed by atoms with Gasteiger partial charge < -0.3 is 4.74 Å². The summed E-state index contributed by atoms with van der Waals surface area (Å²) in [4.78, 5) is 22.8. The number of carbonyl (C=O) groups excluding carboxylic acids is 1. The van der Waals surface area contributed by atoms with E-state index in [9.17, 15) is 4.79 Å². The van der Waals surface area contributed by atoms with Crippen molar-refractivity contribution in [2.45, 2.75) is 0 Å². The summed E-state index contributed by atoms with van der Waals surface area (Å²) in [5.41, 5.74) is 0.857. The van der Waals surface area contributed by atoms with Crippen LogP contribution in [0, 0.1) is 0 Å². The summed E-state index contributed by atoms with van der Waals surface area (Å²) in [5, 5.41) is 3.37. The number of thiophene rings is 1. The highest BCUT2D eigenvalue weighted by molar-refractivity contribution is 7.22. The predicted octanol–water partition coefficient (Wildman–Crippen LogP) is 4.81. The smallest absolute Gasteiger partial charge is 0.252 e. The molecule has 3 heterocycles. The Hall–Kier alpha value is -1.48. The molecule has 0 aliphatic carbocycles. The van der Waals surface area contributed by atoms with Gasteiger partial charge >= 0.3 is 0 Å². The molecule has 154 valence electrons. The number of benzene rings is 1. The molecule has 29 heavy (non-hydrogen) atoms. The second kappa shape index (κ2) is 10.5. The fraction of sp³-hybridized carbons (Fsp3) is 0.300. The minimum Gasteiger partial charge on any atom is -0.379 e. The second-order valence-electron chi connectivity index (χ2n) is 6.40. The van der Waals surface area contributed by atoms with E-state index in [4.69, 9.17) is 16.3 Å². The number of hydrogen-bond donors (Lipinski definition) is 0. The Morgan fingerprint density at radius 3 is 2.90 bits per heavy atom. The number of halogens is 2. The largest absolute Gasteiger partial charge is 0.379 e. The SMILES string of the molecule is Cl.O=C(/C=C/c1cccs1)N(CCN1CCOCC1)c1nc2ccc(Cl)cc2s1. The molecule has 0 unspecified atom stereocenters. The first-order chi connectivity index (χ1) is 13.7. The number of nitrogens with zero attached hydrogens (tertiary/aromatic N) is 3. The van der Waals surface area contributed by atoms with E-state index < -0.39 is 0 Å². The summed E-state index contributed by atoms with van der Waals surface area (Å²) in [6.07, 6.45) is 3.49. The molecule has 1 saturated heterocycles. The summed E-state index contributed by atoms with van der Waals surface area (Å²) >= 11 is 9.21. The van der Waals surface area contributed by atoms with Gasteiger partial charge in [-0.3, -0.25) is 14.6 Å². The summed E-state index contributed by atoms with van der Waals surface area (Å²) in [7, 11) is 0. The van der Waals surface area contributed by atoms with E-state index in [-0.39, 0.29) is 18.3 Å². The number of aromatic nitrogens is 1. The van der Waals surface area contributed by atoms with Gasteiger partial charge in [0.05, 0.1) is 23.4 Å². The van der Waals surface area contributed by atoms with Gasteiger partial charge in [0, 0.05) is 42.2 Å². The van der Waals surface area contributed by atoms with Crippen LogP contribution in [-0.4, -0.2) is 55.2 Å². The highest BCUT2D eigenvalue weighted by atomic mass is 35.5. The van der Waals surface area contributed by atoms with Crippen molar-refractivity contribution in [2.24, 2.45) is 0 Å². The Kier molecular flexibility index (Phi) is 8.06. The number of thiazole rings is 1. The average Bonchev–Trinajstić information content (AvgIpc) is 3.36. The van der Waals surface area contributed by atoms with Crippen LogP contribution in [0.25, 0.3) is 16.3 Å². The molecule has 1 aliphatic heterocycles. The van der Waals surface area contributed by atoms with E-state index in [1.165, 1.54) is 11.3 Å². The molecule has 4 rings (SSSR count). The molecule has 0 N–H and O–H groups in total. The lowest BCUT2D eigenvalue weighted by atomic mass is 10.3. The van der Waals surface area contributed by atoms with E-state index in [0.717, 1.165) is 47.9 Å². The van der Waals surface area contributed by atoms with E-state index in [0.29, 0.717) is 16.7 Å². The van der Waals surface area contributed by atoms with Crippen molar-refractivity contribution in [1.29, 1.82) is 0 Å². The quantitative estimate of drug-likeness (QED) is 0.485. The molecule has 1 aliphatic rings. The Morgan fingerprint density at radius 1 is 1.31 bits per heavy atom. The highest BCUT2D eigenvalue weighted by Crippen LogP contribution is 2.31. The summed E-state index contributed by atoms with van der Waals surface area (Å²) in [6, 6.07) is 9.58. The van der Waals surface area contributed by atoms with Crippen molar-refractivity contribution >= 4 is 74.0 Å². The van der Waals surface area contributed by atoms with Crippen LogP contribution in [0.2, 0.25) is 5.02 Å². The molecule has 9 heteroatoms. The van der Waals surface area contributed by atoms with Gasteiger partial charge in [0.25, 0.3) is 5.91 Å². The van der Waals surface area contributed by atoms with E-state index >= 15 is 0 Å². The Labute approximate surface area is 189 Å². The molecule has 2 aromatic heterocycles. The minimum atomic E-state index is -0.0631. The van der Waals surface area contributed by atoms with Gasteiger partial charge in [-0.25, -0.2) is 4.98 Å². The number of amides is 1. The van der Waals surface area contributed by atoms with Gasteiger partial charge in [-0.05, 0) is 35.7 Å². The lowest BCUT2D eigenvalue weighted by Gasteiger charge is -2.28. The maximum atomic E-state index is 13.0. The molecule has 1 fully saturated rings. The fourth-order valence-corrected chi connectivity index (χ4v) is 4.89. The van der Waals surface area contributed by atoms with Crippen molar-refractivity contribution < 1.29 is 9.53 Å². The second-order valence-corrected chi connectivity index (χ2v) is 8.83. The average molecular weight is 470 g/mol. The molecule has 1 amide bonds. The molecule has 0 atom stereocenters. The molecular formula is C20H21Cl2N3O2S2. The first-order valence-corrected chi connectivity index (χ1v) is 11.2. The molecule has 1 aromatic carbocycles. The van der Waals surface area contributed by atoms with Crippen molar-refractivity contribution in [3.8, 4) is 0 Å². The van der Waals surface area contributed by atoms with Gasteiger partial charge in [-0.15, -0.1) is 23.7 Å². The zero-order valence-corrected chi connectivity index (χ0v) is 18.8. The normalized spacial score (nSPS) is 14.9. The van der Waals surface area contributed by atoms with Crippen molar-refractivity contribution in [3.63, 3.8) is 0 Å². The van der Waals surface area contributed by atoms with Crippen LogP contribution in [0.4, 0.5) is 5.13 Å². The zero-order chi connectivity index (χ0) is 19.3. The van der Waals surface area contributed by atoms with Gasteiger partial charge in [-0.2, -0.15) is 0 Å². The minimum absolute atomic E-state index is 0. The van der Waals surface area contributed by atoms with Crippen molar-refractivity contribution in [2.75, 3.05) is 44.3 Å². The Bertz CT molecular complexity index is 969. The van der Waals surface area contributed by atoms with Crippen molar-refractivity contribution in [3.05, 3.63) is 51.7 Å². The zero-order valence-electron chi connectivity index (χ0n) is 15.6. The topological polar surface area (TPSA) is 45.7 Å². The van der Waals surface area contributed by atoms with Crippen LogP contribution in [0.15, 0.2) is 41.8 Å². The predicted molar refractivity (Wildman–Crippen MR) is 125 cm³/mol. The van der Waals surface area contributed by atoms with Gasteiger partial charge in [0.2, 0.25) is 0 Å². The summed E-state index contributed by atoms with van der Waals surface area (Å²) in [6.45, 7) is 4.64. The number of ether oxygens (including phenoxy) is 1. The van der Waals surface area contributed by atoms with E-state index in [1.807, 2.05) is 41.8 Å². The first-order valence-electron chi connectivity index (χ1n) is 9.08. The van der Waals surface area contributed by atoms with Crippen LogP contribution >= 0.6 is 46.7 Å². The third kappa shape index (κ3) is 5.78. The monoisotopic (exact) mass is 469 g/mol. The highest BCUT2D eigenvalue weighted by Gasteiger charge is 2.20. The standard InChI is InChI=1S/C20H20ClN3O2S2.ClH/c21-15-3-5-17-18(14-15)28-20(22-17)24(8-7-23-9-11-26-12-10-23)19(25)6-4-16-2-1-13-27-16;/h1-6,13-14H,7-12H2;1H/b6-4+;. The van der Waals surface area contributed by atoms with Crippen LogP contribution in [0.3, 0.4) is 0 Å². The fourth-order valence-electron chi connectivity index (χ4n) is 3.00.